The van der Waals surface area contributed by atoms with Gasteiger partial charge < -0.3 is 5.32 Å². The van der Waals surface area contributed by atoms with Gasteiger partial charge in [0, 0.05) is 5.39 Å². The molecule has 0 atom stereocenters. The number of hydrogen-bond donors (Lipinski definition) is 1. The summed E-state index contributed by atoms with van der Waals surface area (Å²) in [6.07, 6.45) is 0. The van der Waals surface area contributed by atoms with Gasteiger partial charge in [-0.1, -0.05) is 54.6 Å². The van der Waals surface area contributed by atoms with Crippen LogP contribution in [-0.2, 0) is 13.1 Å². The average molecular weight is 347 g/mol. The lowest BCUT2D eigenvalue weighted by molar-refractivity contribution is 0.0954. The van der Waals surface area contributed by atoms with Gasteiger partial charge in [0.25, 0.3) is 5.91 Å². The molecule has 0 aliphatic heterocycles. The largest absolute Gasteiger partial charge is 0.346 e. The van der Waals surface area contributed by atoms with Crippen LogP contribution >= 0.6 is 11.3 Å². The standard InChI is InChI=1S/C20H17N3OS/c24-20(19-11-6-12-25-19)21-13-17-16-9-4-5-10-18(16)23(22-17)14-15-7-2-1-3-8-15/h1-12H,13-14H2,(H,21,24). The Morgan fingerprint density at radius 1 is 1.00 bits per heavy atom. The predicted octanol–water partition coefficient (Wildman–Crippen LogP) is 4.08. The van der Waals surface area contributed by atoms with E-state index in [2.05, 4.69) is 29.6 Å². The van der Waals surface area contributed by atoms with Gasteiger partial charge in [-0.2, -0.15) is 5.10 Å². The minimum atomic E-state index is -0.0586. The number of hydrogen-bond acceptors (Lipinski definition) is 3. The summed E-state index contributed by atoms with van der Waals surface area (Å²) >= 11 is 1.44. The van der Waals surface area contributed by atoms with E-state index in [1.807, 2.05) is 52.5 Å². The molecule has 0 aliphatic carbocycles. The fourth-order valence-corrected chi connectivity index (χ4v) is 3.50. The molecule has 4 aromatic rings. The monoisotopic (exact) mass is 347 g/mol. The number of fused-ring (bicyclic) bond motifs is 1. The summed E-state index contributed by atoms with van der Waals surface area (Å²) in [7, 11) is 0. The molecular formula is C20H17N3OS. The van der Waals surface area contributed by atoms with Crippen molar-refractivity contribution in [2.45, 2.75) is 13.1 Å². The number of para-hydroxylation sites is 1. The van der Waals surface area contributed by atoms with Crippen molar-refractivity contribution in [3.8, 4) is 0 Å². The van der Waals surface area contributed by atoms with Crippen molar-refractivity contribution < 1.29 is 4.79 Å². The summed E-state index contributed by atoms with van der Waals surface area (Å²) in [5, 5.41) is 10.7. The molecule has 4 rings (SSSR count). The number of nitrogens with one attached hydrogen (secondary N) is 1. The Bertz CT molecular complexity index is 990. The van der Waals surface area contributed by atoms with E-state index < -0.39 is 0 Å². The van der Waals surface area contributed by atoms with Crippen LogP contribution in [0.1, 0.15) is 20.9 Å². The van der Waals surface area contributed by atoms with Gasteiger partial charge in [-0.25, -0.2) is 0 Å². The van der Waals surface area contributed by atoms with Gasteiger partial charge >= 0.3 is 0 Å². The second-order valence-corrected chi connectivity index (χ2v) is 6.71. The number of amides is 1. The van der Waals surface area contributed by atoms with Crippen LogP contribution in [0.2, 0.25) is 0 Å². The zero-order valence-electron chi connectivity index (χ0n) is 13.6. The smallest absolute Gasteiger partial charge is 0.261 e. The molecule has 124 valence electrons. The topological polar surface area (TPSA) is 46.9 Å². The molecule has 4 nitrogen and oxygen atoms in total. The van der Waals surface area contributed by atoms with Crippen LogP contribution in [0.25, 0.3) is 10.9 Å². The van der Waals surface area contributed by atoms with Crippen molar-refractivity contribution in [1.29, 1.82) is 0 Å². The highest BCUT2D eigenvalue weighted by molar-refractivity contribution is 7.12. The van der Waals surface area contributed by atoms with Gasteiger partial charge in [-0.05, 0) is 23.1 Å². The lowest BCUT2D eigenvalue weighted by atomic mass is 10.2. The number of benzene rings is 2. The lowest BCUT2D eigenvalue weighted by Crippen LogP contribution is -2.22. The van der Waals surface area contributed by atoms with E-state index in [-0.39, 0.29) is 5.91 Å². The third-order valence-electron chi connectivity index (χ3n) is 4.07. The minimum Gasteiger partial charge on any atom is -0.346 e. The molecule has 0 saturated heterocycles. The normalized spacial score (nSPS) is 10.9. The van der Waals surface area contributed by atoms with Gasteiger partial charge in [-0.3, -0.25) is 9.48 Å². The Kier molecular flexibility index (Phi) is 4.31. The maximum absolute atomic E-state index is 12.2. The number of aromatic nitrogens is 2. The molecular weight excluding hydrogens is 330 g/mol. The number of carbonyl (C=O) groups is 1. The van der Waals surface area contributed by atoms with Crippen molar-refractivity contribution >= 4 is 28.1 Å². The van der Waals surface area contributed by atoms with E-state index in [0.717, 1.165) is 16.6 Å². The Labute approximate surface area is 149 Å². The van der Waals surface area contributed by atoms with Gasteiger partial charge in [0.1, 0.15) is 0 Å². The maximum atomic E-state index is 12.2. The Balaban J connectivity index is 1.60. The van der Waals surface area contributed by atoms with Crippen molar-refractivity contribution in [1.82, 2.24) is 15.1 Å². The first kappa shape index (κ1) is 15.6. The van der Waals surface area contributed by atoms with E-state index in [9.17, 15) is 4.79 Å². The molecule has 2 aromatic carbocycles. The van der Waals surface area contributed by atoms with E-state index >= 15 is 0 Å². The highest BCUT2D eigenvalue weighted by Crippen LogP contribution is 2.20. The van der Waals surface area contributed by atoms with Crippen LogP contribution in [0.3, 0.4) is 0 Å². The number of rotatable bonds is 5. The van der Waals surface area contributed by atoms with Crippen LogP contribution in [0.4, 0.5) is 0 Å². The molecule has 0 unspecified atom stereocenters. The van der Waals surface area contributed by atoms with Crippen molar-refractivity contribution in [2.24, 2.45) is 0 Å². The molecule has 0 aliphatic rings. The van der Waals surface area contributed by atoms with E-state index in [1.165, 1.54) is 16.9 Å². The van der Waals surface area contributed by atoms with Crippen molar-refractivity contribution in [3.05, 3.63) is 88.2 Å². The first-order valence-corrected chi connectivity index (χ1v) is 8.99. The molecule has 0 spiro atoms. The van der Waals surface area contributed by atoms with Crippen molar-refractivity contribution in [2.75, 3.05) is 0 Å². The molecule has 0 radical (unpaired) electrons. The zero-order chi connectivity index (χ0) is 17.1. The summed E-state index contributed by atoms with van der Waals surface area (Å²) in [6, 6.07) is 22.1. The Morgan fingerprint density at radius 2 is 1.80 bits per heavy atom. The first-order chi connectivity index (χ1) is 12.3. The first-order valence-electron chi connectivity index (χ1n) is 8.11. The van der Waals surface area contributed by atoms with E-state index in [0.29, 0.717) is 18.0 Å². The number of nitrogens with zero attached hydrogens (tertiary/aromatic N) is 2. The van der Waals surface area contributed by atoms with Gasteiger partial charge in [0.05, 0.1) is 29.2 Å². The molecule has 1 amide bonds. The molecule has 5 heteroatoms. The van der Waals surface area contributed by atoms with Crippen molar-refractivity contribution in [3.63, 3.8) is 0 Å². The summed E-state index contributed by atoms with van der Waals surface area (Å²) < 4.78 is 2.00. The van der Waals surface area contributed by atoms with Crippen LogP contribution in [0.15, 0.2) is 72.1 Å². The Hall–Kier alpha value is -2.92. The molecule has 2 heterocycles. The fourth-order valence-electron chi connectivity index (χ4n) is 2.86. The van der Waals surface area contributed by atoms with Crippen LogP contribution in [0, 0.1) is 0 Å². The molecule has 25 heavy (non-hydrogen) atoms. The Morgan fingerprint density at radius 3 is 2.60 bits per heavy atom. The molecule has 0 saturated carbocycles. The third-order valence-corrected chi connectivity index (χ3v) is 4.94. The molecule has 1 N–H and O–H groups in total. The van der Waals surface area contributed by atoms with Gasteiger partial charge in [0.15, 0.2) is 0 Å². The van der Waals surface area contributed by atoms with E-state index in [4.69, 9.17) is 5.10 Å². The summed E-state index contributed by atoms with van der Waals surface area (Å²) in [6.45, 7) is 1.12. The highest BCUT2D eigenvalue weighted by atomic mass is 32.1. The van der Waals surface area contributed by atoms with Crippen LogP contribution < -0.4 is 5.32 Å². The SMILES string of the molecule is O=C(NCc1nn(Cc2ccccc2)c2ccccc12)c1cccs1. The van der Waals surface area contributed by atoms with Gasteiger partial charge in [0.2, 0.25) is 0 Å². The number of carbonyl (C=O) groups excluding carboxylic acids is 1. The number of thiophene rings is 1. The van der Waals surface area contributed by atoms with E-state index in [1.54, 1.807) is 0 Å². The fraction of sp³-hybridized carbons (Fsp3) is 0.100. The highest BCUT2D eigenvalue weighted by Gasteiger charge is 2.12. The maximum Gasteiger partial charge on any atom is 0.261 e. The molecule has 2 aromatic heterocycles. The minimum absolute atomic E-state index is 0.0586. The zero-order valence-corrected chi connectivity index (χ0v) is 14.4. The average Bonchev–Trinajstić information content (AvgIpc) is 3.30. The van der Waals surface area contributed by atoms with Crippen LogP contribution in [-0.4, -0.2) is 15.7 Å². The summed E-state index contributed by atoms with van der Waals surface area (Å²) in [5.74, 6) is -0.0586. The van der Waals surface area contributed by atoms with Crippen LogP contribution in [0.5, 0.6) is 0 Å². The molecule has 0 fully saturated rings. The second-order valence-electron chi connectivity index (χ2n) is 5.77. The summed E-state index contributed by atoms with van der Waals surface area (Å²) in [5.41, 5.74) is 3.16. The predicted molar refractivity (Wildman–Crippen MR) is 101 cm³/mol. The summed E-state index contributed by atoms with van der Waals surface area (Å²) in [4.78, 5) is 12.9. The van der Waals surface area contributed by atoms with Gasteiger partial charge in [-0.15, -0.1) is 11.3 Å². The molecule has 0 bridgehead atoms. The second kappa shape index (κ2) is 6.91. The lowest BCUT2D eigenvalue weighted by Gasteiger charge is -2.03. The quantitative estimate of drug-likeness (QED) is 0.591. The third kappa shape index (κ3) is 3.32.